The van der Waals surface area contributed by atoms with Crippen molar-refractivity contribution in [3.8, 4) is 0 Å². The standard InChI is InChI=1S/C13H26N6/c1-4-19-11(10-15-17-19)12(16-14)13(2,3)18-8-6-5-7-9-18/h10,12,16H,4-9,14H2,1-3H3. The maximum absolute atomic E-state index is 5.83. The van der Waals surface area contributed by atoms with Crippen molar-refractivity contribution in [2.75, 3.05) is 13.1 Å². The van der Waals surface area contributed by atoms with E-state index in [0.29, 0.717) is 0 Å². The summed E-state index contributed by atoms with van der Waals surface area (Å²) in [6, 6.07) is 0.0283. The van der Waals surface area contributed by atoms with Crippen molar-refractivity contribution < 1.29 is 0 Å². The van der Waals surface area contributed by atoms with Crippen molar-refractivity contribution in [1.29, 1.82) is 0 Å². The van der Waals surface area contributed by atoms with Crippen LogP contribution in [0.1, 0.15) is 51.8 Å². The minimum Gasteiger partial charge on any atom is -0.296 e. The third-order valence-electron chi connectivity index (χ3n) is 4.29. The van der Waals surface area contributed by atoms with Gasteiger partial charge in [0, 0.05) is 12.1 Å². The molecule has 1 aromatic heterocycles. The van der Waals surface area contributed by atoms with Crippen LogP contribution in [0.4, 0.5) is 0 Å². The van der Waals surface area contributed by atoms with Gasteiger partial charge in [0.2, 0.25) is 0 Å². The van der Waals surface area contributed by atoms with E-state index in [4.69, 9.17) is 5.84 Å². The third-order valence-corrected chi connectivity index (χ3v) is 4.29. The van der Waals surface area contributed by atoms with Gasteiger partial charge >= 0.3 is 0 Å². The maximum atomic E-state index is 5.83. The second kappa shape index (κ2) is 5.98. The van der Waals surface area contributed by atoms with Crippen molar-refractivity contribution in [1.82, 2.24) is 25.3 Å². The third kappa shape index (κ3) is 2.80. The van der Waals surface area contributed by atoms with Crippen molar-refractivity contribution >= 4 is 0 Å². The predicted molar refractivity (Wildman–Crippen MR) is 75.3 cm³/mol. The quantitative estimate of drug-likeness (QED) is 0.616. The lowest BCUT2D eigenvalue weighted by Gasteiger charge is -2.45. The first-order valence-electron chi connectivity index (χ1n) is 7.20. The van der Waals surface area contributed by atoms with E-state index in [9.17, 15) is 0 Å². The fourth-order valence-electron chi connectivity index (χ4n) is 3.04. The monoisotopic (exact) mass is 266 g/mol. The van der Waals surface area contributed by atoms with E-state index in [1.807, 2.05) is 10.9 Å². The van der Waals surface area contributed by atoms with Crippen molar-refractivity contribution in [3.63, 3.8) is 0 Å². The van der Waals surface area contributed by atoms with Crippen LogP contribution < -0.4 is 11.3 Å². The Balaban J connectivity index is 2.24. The Bertz CT molecular complexity index is 394. The highest BCUT2D eigenvalue weighted by Crippen LogP contribution is 2.32. The molecular formula is C13H26N6. The molecule has 0 spiro atoms. The molecule has 6 heteroatoms. The number of rotatable bonds is 5. The molecule has 19 heavy (non-hydrogen) atoms. The molecule has 108 valence electrons. The second-order valence-electron chi connectivity index (χ2n) is 5.78. The van der Waals surface area contributed by atoms with Gasteiger partial charge in [-0.3, -0.25) is 10.7 Å². The number of nitrogens with two attached hydrogens (primary N) is 1. The van der Waals surface area contributed by atoms with Crippen LogP contribution in [0, 0.1) is 0 Å². The maximum Gasteiger partial charge on any atom is 0.0823 e. The molecule has 6 nitrogen and oxygen atoms in total. The molecule has 1 saturated heterocycles. The van der Waals surface area contributed by atoms with E-state index in [-0.39, 0.29) is 11.6 Å². The molecule has 2 rings (SSSR count). The molecule has 1 unspecified atom stereocenters. The summed E-state index contributed by atoms with van der Waals surface area (Å²) in [5.74, 6) is 5.83. The minimum atomic E-state index is -0.0518. The van der Waals surface area contributed by atoms with Gasteiger partial charge in [-0.2, -0.15) is 0 Å². The number of nitrogens with zero attached hydrogens (tertiary/aromatic N) is 4. The van der Waals surface area contributed by atoms with Crippen LogP contribution in [0.25, 0.3) is 0 Å². The van der Waals surface area contributed by atoms with Crippen molar-refractivity contribution in [2.24, 2.45) is 5.84 Å². The summed E-state index contributed by atoms with van der Waals surface area (Å²) in [7, 11) is 0. The molecule has 1 aromatic rings. The molecule has 1 atom stereocenters. The topological polar surface area (TPSA) is 72.0 Å². The molecule has 1 aliphatic heterocycles. The van der Waals surface area contributed by atoms with Crippen LogP contribution in [0.3, 0.4) is 0 Å². The number of likely N-dealkylation sites (tertiary alicyclic amines) is 1. The fourth-order valence-corrected chi connectivity index (χ4v) is 3.04. The molecule has 0 bridgehead atoms. The summed E-state index contributed by atoms with van der Waals surface area (Å²) in [6.45, 7) is 9.65. The number of hydrazine groups is 1. The smallest absolute Gasteiger partial charge is 0.0823 e. The van der Waals surface area contributed by atoms with Gasteiger partial charge in [0.25, 0.3) is 0 Å². The molecule has 0 aromatic carbocycles. The Labute approximate surface area is 115 Å². The SMILES string of the molecule is CCn1nncc1C(NN)C(C)(C)N1CCCCC1. The highest BCUT2D eigenvalue weighted by molar-refractivity contribution is 5.10. The number of nitrogens with one attached hydrogen (secondary N) is 1. The molecule has 0 saturated carbocycles. The van der Waals surface area contributed by atoms with E-state index in [1.54, 1.807) is 0 Å². The first kappa shape index (κ1) is 14.4. The zero-order valence-corrected chi connectivity index (χ0v) is 12.3. The zero-order chi connectivity index (χ0) is 13.9. The first-order chi connectivity index (χ1) is 9.11. The lowest BCUT2D eigenvalue weighted by atomic mass is 9.88. The van der Waals surface area contributed by atoms with Gasteiger partial charge in [0.15, 0.2) is 0 Å². The molecule has 3 N–H and O–H groups in total. The molecule has 0 radical (unpaired) electrons. The summed E-state index contributed by atoms with van der Waals surface area (Å²) < 4.78 is 1.91. The first-order valence-corrected chi connectivity index (χ1v) is 7.20. The number of aryl methyl sites for hydroxylation is 1. The number of piperidine rings is 1. The van der Waals surface area contributed by atoms with Gasteiger partial charge in [-0.15, -0.1) is 5.10 Å². The van der Waals surface area contributed by atoms with E-state index < -0.39 is 0 Å². The summed E-state index contributed by atoms with van der Waals surface area (Å²) in [5.41, 5.74) is 3.98. The van der Waals surface area contributed by atoms with Crippen molar-refractivity contribution in [2.45, 2.75) is 58.2 Å². The molecule has 2 heterocycles. The van der Waals surface area contributed by atoms with E-state index in [0.717, 1.165) is 25.3 Å². The average Bonchev–Trinajstić information content (AvgIpc) is 2.88. The summed E-state index contributed by atoms with van der Waals surface area (Å²) in [5, 5.41) is 8.13. The Kier molecular flexibility index (Phi) is 4.54. The minimum absolute atomic E-state index is 0.0283. The van der Waals surface area contributed by atoms with Crippen LogP contribution >= 0.6 is 0 Å². The summed E-state index contributed by atoms with van der Waals surface area (Å²) in [4.78, 5) is 2.52. The summed E-state index contributed by atoms with van der Waals surface area (Å²) >= 11 is 0. The largest absolute Gasteiger partial charge is 0.296 e. The van der Waals surface area contributed by atoms with Crippen LogP contribution in [-0.2, 0) is 6.54 Å². The normalized spacial score (nSPS) is 19.6. The fraction of sp³-hybridized carbons (Fsp3) is 0.846. The lowest BCUT2D eigenvalue weighted by molar-refractivity contribution is 0.0579. The number of hydrogen-bond acceptors (Lipinski definition) is 5. The molecule has 1 fully saturated rings. The van der Waals surface area contributed by atoms with Gasteiger partial charge in [-0.05, 0) is 46.7 Å². The van der Waals surface area contributed by atoms with Gasteiger partial charge in [-0.1, -0.05) is 11.6 Å². The van der Waals surface area contributed by atoms with E-state index >= 15 is 0 Å². The highest BCUT2D eigenvalue weighted by atomic mass is 15.4. The summed E-state index contributed by atoms with van der Waals surface area (Å²) in [6.07, 6.45) is 5.69. The number of aromatic nitrogens is 3. The van der Waals surface area contributed by atoms with Crippen LogP contribution in [0.15, 0.2) is 6.20 Å². The van der Waals surface area contributed by atoms with E-state index in [2.05, 4.69) is 41.4 Å². The lowest BCUT2D eigenvalue weighted by Crippen LogP contribution is -2.56. The van der Waals surface area contributed by atoms with Crippen LogP contribution in [-0.4, -0.2) is 38.5 Å². The highest BCUT2D eigenvalue weighted by Gasteiger charge is 2.38. The Hall–Kier alpha value is -0.980. The molecule has 0 amide bonds. The van der Waals surface area contributed by atoms with Gasteiger partial charge < -0.3 is 0 Å². The molecule has 0 aliphatic carbocycles. The van der Waals surface area contributed by atoms with Gasteiger partial charge in [0.1, 0.15) is 0 Å². The number of hydrogen-bond donors (Lipinski definition) is 2. The Morgan fingerprint density at radius 1 is 1.37 bits per heavy atom. The van der Waals surface area contributed by atoms with Gasteiger partial charge in [-0.25, -0.2) is 10.1 Å². The average molecular weight is 266 g/mol. The Morgan fingerprint density at radius 3 is 2.63 bits per heavy atom. The zero-order valence-electron chi connectivity index (χ0n) is 12.3. The van der Waals surface area contributed by atoms with Gasteiger partial charge in [0.05, 0.1) is 17.9 Å². The predicted octanol–water partition coefficient (Wildman–Crippen LogP) is 1.07. The molecular weight excluding hydrogens is 240 g/mol. The van der Waals surface area contributed by atoms with E-state index in [1.165, 1.54) is 19.3 Å². The van der Waals surface area contributed by atoms with Crippen LogP contribution in [0.5, 0.6) is 0 Å². The Morgan fingerprint density at radius 2 is 2.05 bits per heavy atom. The van der Waals surface area contributed by atoms with Crippen molar-refractivity contribution in [3.05, 3.63) is 11.9 Å². The second-order valence-corrected chi connectivity index (χ2v) is 5.78. The molecule has 1 aliphatic rings. The van der Waals surface area contributed by atoms with Crippen LogP contribution in [0.2, 0.25) is 0 Å².